The molecule has 0 radical (unpaired) electrons. The van der Waals surface area contributed by atoms with Gasteiger partial charge < -0.3 is 9.84 Å². The second kappa shape index (κ2) is 11.4. The Morgan fingerprint density at radius 1 is 0.767 bits per heavy atom. The first-order valence-electron chi connectivity index (χ1n) is 11.2. The molecule has 0 aliphatic rings. The average molecular weight is 433 g/mol. The summed E-state index contributed by atoms with van der Waals surface area (Å²) in [6.45, 7) is 8.82. The summed E-state index contributed by atoms with van der Waals surface area (Å²) in [5, 5.41) is 10.4. The van der Waals surface area contributed by atoms with Crippen molar-refractivity contribution in [2.45, 2.75) is 88.9 Å². The molecule has 0 atom stereocenters. The van der Waals surface area contributed by atoms with Gasteiger partial charge in [0.1, 0.15) is 11.5 Å². The van der Waals surface area contributed by atoms with Gasteiger partial charge in [-0.3, -0.25) is 0 Å². The first kappa shape index (κ1) is 24.3. The Balaban J connectivity index is 2.57. The number of ether oxygens (including phenoxy) is 1. The minimum absolute atomic E-state index is 0.188. The minimum Gasteiger partial charge on any atom is -0.508 e. The molecule has 0 heterocycles. The second-order valence-corrected chi connectivity index (χ2v) is 9.70. The summed E-state index contributed by atoms with van der Waals surface area (Å²) in [6, 6.07) is 8.64. The SMILES string of the molecule is CCCCOc1ccc(S(=O)(=O)c2cc(CCC)c(O)cc2CCC)c(CCC)c1. The van der Waals surface area contributed by atoms with Crippen LogP contribution in [0.15, 0.2) is 40.1 Å². The number of aryl methyl sites for hydroxylation is 3. The molecule has 0 amide bonds. The molecule has 2 rings (SSSR count). The lowest BCUT2D eigenvalue weighted by molar-refractivity contribution is 0.309. The lowest BCUT2D eigenvalue weighted by Gasteiger charge is -2.17. The zero-order valence-electron chi connectivity index (χ0n) is 18.8. The number of unbranched alkanes of at least 4 members (excludes halogenated alkanes) is 1. The van der Waals surface area contributed by atoms with Gasteiger partial charge in [0.15, 0.2) is 0 Å². The highest BCUT2D eigenvalue weighted by atomic mass is 32.2. The van der Waals surface area contributed by atoms with Crippen molar-refractivity contribution in [3.63, 3.8) is 0 Å². The molecule has 0 bridgehead atoms. The van der Waals surface area contributed by atoms with Gasteiger partial charge in [0.25, 0.3) is 0 Å². The molecule has 0 fully saturated rings. The van der Waals surface area contributed by atoms with Crippen LogP contribution in [0.25, 0.3) is 0 Å². The van der Waals surface area contributed by atoms with Crippen LogP contribution < -0.4 is 4.74 Å². The molecule has 4 nitrogen and oxygen atoms in total. The van der Waals surface area contributed by atoms with Crippen molar-refractivity contribution in [3.05, 3.63) is 47.0 Å². The highest BCUT2D eigenvalue weighted by Crippen LogP contribution is 2.34. The Labute approximate surface area is 182 Å². The zero-order chi connectivity index (χ0) is 22.1. The molecule has 166 valence electrons. The highest BCUT2D eigenvalue weighted by Gasteiger charge is 2.26. The molecule has 30 heavy (non-hydrogen) atoms. The van der Waals surface area contributed by atoms with Crippen molar-refractivity contribution in [2.75, 3.05) is 6.61 Å². The van der Waals surface area contributed by atoms with Gasteiger partial charge in [0, 0.05) is 0 Å². The largest absolute Gasteiger partial charge is 0.508 e. The summed E-state index contributed by atoms with van der Waals surface area (Å²) in [4.78, 5) is 0.667. The van der Waals surface area contributed by atoms with E-state index in [-0.39, 0.29) is 5.75 Å². The fraction of sp³-hybridized carbons (Fsp3) is 0.520. The molecule has 1 N–H and O–H groups in total. The normalized spacial score (nSPS) is 11.6. The fourth-order valence-electron chi connectivity index (χ4n) is 3.66. The van der Waals surface area contributed by atoms with E-state index in [2.05, 4.69) is 6.92 Å². The topological polar surface area (TPSA) is 63.6 Å². The minimum atomic E-state index is -3.71. The van der Waals surface area contributed by atoms with Crippen LogP contribution in [-0.4, -0.2) is 20.1 Å². The molecule has 0 aliphatic carbocycles. The van der Waals surface area contributed by atoms with E-state index in [1.54, 1.807) is 24.3 Å². The molecule has 0 aliphatic heterocycles. The number of hydrogen-bond acceptors (Lipinski definition) is 4. The number of rotatable bonds is 12. The van der Waals surface area contributed by atoms with Gasteiger partial charge in [-0.1, -0.05) is 53.4 Å². The predicted molar refractivity (Wildman–Crippen MR) is 122 cm³/mol. The lowest BCUT2D eigenvalue weighted by Crippen LogP contribution is -2.10. The number of benzene rings is 2. The fourth-order valence-corrected chi connectivity index (χ4v) is 5.46. The summed E-state index contributed by atoms with van der Waals surface area (Å²) in [5.74, 6) is 0.907. The molecule has 0 saturated carbocycles. The summed E-state index contributed by atoms with van der Waals surface area (Å²) in [6.07, 6.45) is 6.43. The van der Waals surface area contributed by atoms with Crippen molar-refractivity contribution in [2.24, 2.45) is 0 Å². The highest BCUT2D eigenvalue weighted by molar-refractivity contribution is 7.91. The van der Waals surface area contributed by atoms with E-state index in [4.69, 9.17) is 4.74 Å². The summed E-state index contributed by atoms with van der Waals surface area (Å²) >= 11 is 0. The molecule has 2 aromatic rings. The van der Waals surface area contributed by atoms with Crippen LogP contribution in [0.3, 0.4) is 0 Å². The van der Waals surface area contributed by atoms with Crippen LogP contribution in [0, 0.1) is 0 Å². The number of aromatic hydroxyl groups is 1. The van der Waals surface area contributed by atoms with Crippen LogP contribution in [0.4, 0.5) is 0 Å². The Bertz CT molecular complexity index is 932. The Morgan fingerprint density at radius 2 is 1.37 bits per heavy atom. The van der Waals surface area contributed by atoms with E-state index in [0.29, 0.717) is 46.8 Å². The maximum atomic E-state index is 13.7. The number of hydrogen-bond donors (Lipinski definition) is 1. The van der Waals surface area contributed by atoms with E-state index < -0.39 is 9.84 Å². The van der Waals surface area contributed by atoms with Gasteiger partial charge in [-0.15, -0.1) is 0 Å². The maximum absolute atomic E-state index is 13.7. The predicted octanol–water partition coefficient (Wildman–Crippen LogP) is 6.26. The van der Waals surface area contributed by atoms with Gasteiger partial charge in [-0.25, -0.2) is 8.42 Å². The first-order chi connectivity index (χ1) is 14.4. The van der Waals surface area contributed by atoms with Crippen LogP contribution >= 0.6 is 0 Å². The third-order valence-corrected chi connectivity index (χ3v) is 7.13. The van der Waals surface area contributed by atoms with Gasteiger partial charge in [-0.05, 0) is 72.7 Å². The zero-order valence-corrected chi connectivity index (χ0v) is 19.6. The van der Waals surface area contributed by atoms with Crippen molar-refractivity contribution in [1.82, 2.24) is 0 Å². The van der Waals surface area contributed by atoms with E-state index in [1.807, 2.05) is 26.8 Å². The Morgan fingerprint density at radius 3 is 1.97 bits per heavy atom. The van der Waals surface area contributed by atoms with Crippen LogP contribution in [0.1, 0.15) is 76.5 Å². The van der Waals surface area contributed by atoms with Crippen molar-refractivity contribution in [3.8, 4) is 11.5 Å². The summed E-state index contributed by atoms with van der Waals surface area (Å²) in [7, 11) is -3.71. The van der Waals surface area contributed by atoms with Crippen LogP contribution in [0.5, 0.6) is 11.5 Å². The molecular weight excluding hydrogens is 396 g/mol. The van der Waals surface area contributed by atoms with Gasteiger partial charge in [-0.2, -0.15) is 0 Å². The standard InChI is InChI=1S/C25H36O4S/c1-5-9-15-29-22-13-14-24(20(16-22)11-7-3)30(27,28)25-18-19(10-6-2)23(26)17-21(25)12-8-4/h13-14,16-18,26H,5-12,15H2,1-4H3. The second-order valence-electron chi connectivity index (χ2n) is 7.81. The van der Waals surface area contributed by atoms with Gasteiger partial charge >= 0.3 is 0 Å². The van der Waals surface area contributed by atoms with Crippen LogP contribution in [-0.2, 0) is 29.1 Å². The lowest BCUT2D eigenvalue weighted by atomic mass is 10.0. The van der Waals surface area contributed by atoms with Crippen LogP contribution in [0.2, 0.25) is 0 Å². The number of sulfone groups is 1. The Hall–Kier alpha value is -2.01. The summed E-state index contributed by atoms with van der Waals surface area (Å²) in [5.41, 5.74) is 2.16. The van der Waals surface area contributed by atoms with Gasteiger partial charge in [0.05, 0.1) is 16.4 Å². The molecule has 0 saturated heterocycles. The van der Waals surface area contributed by atoms with Crippen molar-refractivity contribution in [1.29, 1.82) is 0 Å². The first-order valence-corrected chi connectivity index (χ1v) is 12.7. The molecule has 0 unspecified atom stereocenters. The van der Waals surface area contributed by atoms with E-state index in [1.165, 1.54) is 0 Å². The quantitative estimate of drug-likeness (QED) is 0.402. The molecule has 0 spiro atoms. The number of phenolic OH excluding ortho intramolecular Hbond substituents is 1. The third kappa shape index (κ3) is 5.78. The molecular formula is C25H36O4S. The summed E-state index contributed by atoms with van der Waals surface area (Å²) < 4.78 is 33.3. The average Bonchev–Trinajstić information content (AvgIpc) is 2.70. The molecule has 0 aromatic heterocycles. The van der Waals surface area contributed by atoms with E-state index in [9.17, 15) is 13.5 Å². The number of phenols is 1. The molecule has 5 heteroatoms. The Kier molecular flexibility index (Phi) is 9.22. The van der Waals surface area contributed by atoms with E-state index >= 15 is 0 Å². The smallest absolute Gasteiger partial charge is 0.207 e. The molecule has 2 aromatic carbocycles. The van der Waals surface area contributed by atoms with Crippen molar-refractivity contribution >= 4 is 9.84 Å². The van der Waals surface area contributed by atoms with E-state index in [0.717, 1.165) is 43.4 Å². The monoisotopic (exact) mass is 432 g/mol. The third-order valence-electron chi connectivity index (χ3n) is 5.20. The van der Waals surface area contributed by atoms with Crippen molar-refractivity contribution < 1.29 is 18.3 Å². The van der Waals surface area contributed by atoms with Gasteiger partial charge in [0.2, 0.25) is 9.84 Å². The maximum Gasteiger partial charge on any atom is 0.207 e.